The molecule has 0 rings (SSSR count). The predicted octanol–water partition coefficient (Wildman–Crippen LogP) is -0.444. The maximum absolute atomic E-state index is 10.1. The van der Waals surface area contributed by atoms with Gasteiger partial charge in [0.1, 0.15) is 6.04 Å². The molecule has 0 aliphatic carbocycles. The highest BCUT2D eigenvalue weighted by Crippen LogP contribution is 1.78. The quantitative estimate of drug-likeness (QED) is 0.550. The minimum absolute atomic E-state index is 0. The Labute approximate surface area is 69.8 Å². The number of hydrogen-bond donors (Lipinski definition) is 3. The molecule has 5 nitrogen and oxygen atoms in total. The second-order valence-corrected chi connectivity index (χ2v) is 1.83. The molecule has 0 spiro atoms. The second-order valence-electron chi connectivity index (χ2n) is 1.83. The summed E-state index contributed by atoms with van der Waals surface area (Å²) in [6, 6.07) is -0.809. The lowest BCUT2D eigenvalue weighted by molar-refractivity contribution is -0.139. The lowest BCUT2D eigenvalue weighted by Crippen LogP contribution is -2.37. The average molecular weight is 184 g/mol. The van der Waals surface area contributed by atoms with Gasteiger partial charge in [0.2, 0.25) is 0 Å². The predicted molar refractivity (Wildman–Crippen MR) is 40.0 cm³/mol. The highest BCUT2D eigenvalue weighted by atomic mass is 35.5. The molecule has 0 aliphatic rings. The van der Waals surface area contributed by atoms with Crippen molar-refractivity contribution in [3.8, 4) is 0 Å². The molecule has 3 N–H and O–H groups in total. The summed E-state index contributed by atoms with van der Waals surface area (Å²) in [5, 5.41) is 18.6. The smallest absolute Gasteiger partial charge is 0.320 e. The highest BCUT2D eigenvalue weighted by Gasteiger charge is 2.10. The Balaban J connectivity index is 0. The van der Waals surface area contributed by atoms with E-state index in [2.05, 4.69) is 5.32 Å². The molecule has 1 atom stereocenters. The molecule has 0 aromatic heterocycles. The van der Waals surface area contributed by atoms with E-state index in [1.165, 1.54) is 6.92 Å². The Hall–Kier alpha value is -0.810. The van der Waals surface area contributed by atoms with Crippen molar-refractivity contribution in [1.29, 1.82) is 0 Å². The van der Waals surface area contributed by atoms with Crippen LogP contribution < -0.4 is 5.32 Å². The van der Waals surface area contributed by atoms with Gasteiger partial charge in [-0.15, -0.1) is 12.4 Å². The summed E-state index contributed by atoms with van der Waals surface area (Å²) in [6.07, 6.45) is 0. The largest absolute Gasteiger partial charge is 0.480 e. The zero-order valence-corrected chi connectivity index (χ0v) is 6.72. The number of halogens is 1. The summed E-state index contributed by atoms with van der Waals surface area (Å²) in [4.78, 5) is 19.9. The first-order valence-corrected chi connectivity index (χ1v) is 2.72. The van der Waals surface area contributed by atoms with Gasteiger partial charge in [-0.05, 0) is 6.92 Å². The maximum atomic E-state index is 10.1. The standard InChI is InChI=1S/C5H9NO4.ClH/c1-3(5(9)10)6-2-4(7)8;/h3,6H,2H2,1H3,(H,7,8)(H,9,10);1H/t3-;/m0./s1. The minimum atomic E-state index is -1.06. The van der Waals surface area contributed by atoms with Gasteiger partial charge in [-0.25, -0.2) is 0 Å². The topological polar surface area (TPSA) is 86.6 Å². The number of aliphatic carboxylic acids is 2. The third-order valence-corrected chi connectivity index (χ3v) is 0.930. The molecular weight excluding hydrogens is 174 g/mol. The first-order valence-electron chi connectivity index (χ1n) is 2.72. The minimum Gasteiger partial charge on any atom is -0.480 e. The summed E-state index contributed by atoms with van der Waals surface area (Å²) < 4.78 is 0. The lowest BCUT2D eigenvalue weighted by atomic mass is 10.3. The lowest BCUT2D eigenvalue weighted by Gasteiger charge is -2.04. The van der Waals surface area contributed by atoms with Crippen molar-refractivity contribution in [1.82, 2.24) is 5.32 Å². The Bertz CT molecular complexity index is 149. The molecule has 66 valence electrons. The van der Waals surface area contributed by atoms with Crippen LogP contribution in [0.2, 0.25) is 0 Å². The van der Waals surface area contributed by atoms with Crippen molar-refractivity contribution in [3.05, 3.63) is 0 Å². The van der Waals surface area contributed by atoms with Gasteiger partial charge in [-0.1, -0.05) is 0 Å². The van der Waals surface area contributed by atoms with Crippen LogP contribution in [0.5, 0.6) is 0 Å². The first kappa shape index (κ1) is 12.8. The zero-order valence-electron chi connectivity index (χ0n) is 5.90. The van der Waals surface area contributed by atoms with Gasteiger partial charge in [0.05, 0.1) is 6.54 Å². The van der Waals surface area contributed by atoms with Gasteiger partial charge < -0.3 is 10.2 Å². The van der Waals surface area contributed by atoms with Crippen molar-refractivity contribution in [2.75, 3.05) is 6.54 Å². The van der Waals surface area contributed by atoms with E-state index in [9.17, 15) is 9.59 Å². The van der Waals surface area contributed by atoms with Crippen LogP contribution in [0.4, 0.5) is 0 Å². The third kappa shape index (κ3) is 7.08. The fourth-order valence-electron chi connectivity index (χ4n) is 0.328. The number of hydrogen-bond acceptors (Lipinski definition) is 3. The van der Waals surface area contributed by atoms with E-state index in [1.54, 1.807) is 0 Å². The fraction of sp³-hybridized carbons (Fsp3) is 0.600. The molecule has 0 bridgehead atoms. The van der Waals surface area contributed by atoms with Gasteiger partial charge in [0, 0.05) is 0 Å². The highest BCUT2D eigenvalue weighted by molar-refractivity contribution is 5.85. The Morgan fingerprint density at radius 3 is 2.18 bits per heavy atom. The Morgan fingerprint density at radius 2 is 1.91 bits per heavy atom. The van der Waals surface area contributed by atoms with Crippen molar-refractivity contribution in [3.63, 3.8) is 0 Å². The van der Waals surface area contributed by atoms with Crippen LogP contribution in [-0.2, 0) is 9.59 Å². The van der Waals surface area contributed by atoms with Gasteiger partial charge >= 0.3 is 11.9 Å². The van der Waals surface area contributed by atoms with E-state index >= 15 is 0 Å². The number of carbonyl (C=O) groups is 2. The van der Waals surface area contributed by atoms with Crippen molar-refractivity contribution in [2.24, 2.45) is 0 Å². The molecule has 6 heteroatoms. The van der Waals surface area contributed by atoms with Crippen LogP contribution in [0.25, 0.3) is 0 Å². The Kier molecular flexibility index (Phi) is 6.92. The van der Waals surface area contributed by atoms with E-state index in [4.69, 9.17) is 10.2 Å². The van der Waals surface area contributed by atoms with Crippen LogP contribution in [0.15, 0.2) is 0 Å². The molecule has 0 fully saturated rings. The number of carboxylic acids is 2. The average Bonchev–Trinajstić information content (AvgIpc) is 1.82. The number of carboxylic acid groups (broad SMARTS) is 2. The second kappa shape index (κ2) is 5.94. The van der Waals surface area contributed by atoms with Crippen molar-refractivity contribution >= 4 is 24.3 Å². The summed E-state index contributed by atoms with van der Waals surface area (Å²) in [5.74, 6) is -2.12. The summed E-state index contributed by atoms with van der Waals surface area (Å²) in [5.41, 5.74) is 0. The molecule has 0 saturated heterocycles. The van der Waals surface area contributed by atoms with E-state index < -0.39 is 18.0 Å². The molecule has 0 saturated carbocycles. The van der Waals surface area contributed by atoms with Gasteiger partial charge in [-0.2, -0.15) is 0 Å². The molecule has 0 amide bonds. The Morgan fingerprint density at radius 1 is 1.45 bits per heavy atom. The van der Waals surface area contributed by atoms with Gasteiger partial charge in [0.25, 0.3) is 0 Å². The van der Waals surface area contributed by atoms with Crippen LogP contribution in [0.3, 0.4) is 0 Å². The van der Waals surface area contributed by atoms with Crippen LogP contribution in [0, 0.1) is 0 Å². The van der Waals surface area contributed by atoms with E-state index in [0.29, 0.717) is 0 Å². The SMILES string of the molecule is C[C@H](NCC(=O)O)C(=O)O.Cl. The zero-order chi connectivity index (χ0) is 8.15. The van der Waals surface area contributed by atoms with Gasteiger partial charge in [0.15, 0.2) is 0 Å². The summed E-state index contributed by atoms with van der Waals surface area (Å²) >= 11 is 0. The molecule has 0 aliphatic heterocycles. The van der Waals surface area contributed by atoms with E-state index in [-0.39, 0.29) is 19.0 Å². The van der Waals surface area contributed by atoms with Crippen LogP contribution in [-0.4, -0.2) is 34.7 Å². The van der Waals surface area contributed by atoms with Gasteiger partial charge in [-0.3, -0.25) is 14.9 Å². The summed E-state index contributed by atoms with van der Waals surface area (Å²) in [6.45, 7) is 1.05. The maximum Gasteiger partial charge on any atom is 0.320 e. The molecule has 0 aromatic carbocycles. The van der Waals surface area contributed by atoms with Crippen molar-refractivity contribution in [2.45, 2.75) is 13.0 Å². The molecule has 0 aromatic rings. The molecule has 0 radical (unpaired) electrons. The molecule has 0 unspecified atom stereocenters. The monoisotopic (exact) mass is 183 g/mol. The van der Waals surface area contributed by atoms with E-state index in [1.807, 2.05) is 0 Å². The van der Waals surface area contributed by atoms with Crippen molar-refractivity contribution < 1.29 is 19.8 Å². The first-order chi connectivity index (χ1) is 4.54. The molecule has 0 heterocycles. The third-order valence-electron chi connectivity index (χ3n) is 0.930. The van der Waals surface area contributed by atoms with Crippen LogP contribution >= 0.6 is 12.4 Å². The normalized spacial score (nSPS) is 11.4. The van der Waals surface area contributed by atoms with Crippen LogP contribution in [0.1, 0.15) is 6.92 Å². The molecular formula is C5H10ClNO4. The number of rotatable bonds is 4. The fourth-order valence-corrected chi connectivity index (χ4v) is 0.328. The summed E-state index contributed by atoms with van der Waals surface area (Å²) in [7, 11) is 0. The van der Waals surface area contributed by atoms with E-state index in [0.717, 1.165) is 0 Å². The number of nitrogens with one attached hydrogen (secondary N) is 1. The molecule has 11 heavy (non-hydrogen) atoms.